The third-order valence-electron chi connectivity index (χ3n) is 4.27. The average Bonchev–Trinajstić information content (AvgIpc) is 3.33. The Kier molecular flexibility index (Phi) is 4.88. The highest BCUT2D eigenvalue weighted by Gasteiger charge is 2.32. The lowest BCUT2D eigenvalue weighted by Gasteiger charge is -2.25. The summed E-state index contributed by atoms with van der Waals surface area (Å²) in [6, 6.07) is 10.9. The van der Waals surface area contributed by atoms with Gasteiger partial charge in [-0.1, -0.05) is 30.3 Å². The molecule has 21 heavy (non-hydrogen) atoms. The molecule has 2 N–H and O–H groups in total. The van der Waals surface area contributed by atoms with Gasteiger partial charge in [0, 0.05) is 25.0 Å². The summed E-state index contributed by atoms with van der Waals surface area (Å²) >= 11 is 0. The third-order valence-corrected chi connectivity index (χ3v) is 4.27. The van der Waals surface area contributed by atoms with Crippen LogP contribution in [0.4, 0.5) is 0 Å². The summed E-state index contributed by atoms with van der Waals surface area (Å²) in [6.45, 7) is 2.23. The second-order valence-electron chi connectivity index (χ2n) is 6.13. The number of hydrogen-bond acceptors (Lipinski definition) is 3. The molecule has 1 heterocycles. The number of rotatable bonds is 6. The van der Waals surface area contributed by atoms with Crippen LogP contribution in [0.2, 0.25) is 0 Å². The first kappa shape index (κ1) is 14.5. The first-order valence-corrected chi connectivity index (χ1v) is 7.95. The Labute approximate surface area is 126 Å². The molecular formula is C17H24N2O2. The Morgan fingerprint density at radius 1 is 1.33 bits per heavy atom. The topological polar surface area (TPSA) is 50.4 Å². The molecule has 1 amide bonds. The predicted molar refractivity (Wildman–Crippen MR) is 82.0 cm³/mol. The highest BCUT2D eigenvalue weighted by atomic mass is 16.5. The van der Waals surface area contributed by atoms with Crippen molar-refractivity contribution in [3.05, 3.63) is 35.9 Å². The molecule has 2 fully saturated rings. The van der Waals surface area contributed by atoms with Crippen molar-refractivity contribution in [1.82, 2.24) is 10.6 Å². The van der Waals surface area contributed by atoms with E-state index in [2.05, 4.69) is 34.9 Å². The van der Waals surface area contributed by atoms with Crippen molar-refractivity contribution in [2.45, 2.75) is 37.8 Å². The smallest absolute Gasteiger partial charge is 0.221 e. The van der Waals surface area contributed by atoms with Crippen molar-refractivity contribution in [3.8, 4) is 0 Å². The van der Waals surface area contributed by atoms with E-state index in [0.29, 0.717) is 18.9 Å². The van der Waals surface area contributed by atoms with Gasteiger partial charge in [-0.2, -0.15) is 0 Å². The van der Waals surface area contributed by atoms with E-state index in [9.17, 15) is 4.79 Å². The van der Waals surface area contributed by atoms with E-state index in [1.807, 2.05) is 6.07 Å². The number of carbonyl (C=O) groups excluding carboxylic acids is 1. The molecule has 0 radical (unpaired) electrons. The van der Waals surface area contributed by atoms with E-state index in [-0.39, 0.29) is 18.0 Å². The van der Waals surface area contributed by atoms with Gasteiger partial charge in [0.15, 0.2) is 0 Å². The first-order valence-electron chi connectivity index (χ1n) is 7.95. The number of hydrogen-bond donors (Lipinski definition) is 2. The van der Waals surface area contributed by atoms with E-state index < -0.39 is 0 Å². The fourth-order valence-electron chi connectivity index (χ4n) is 2.94. The molecule has 0 bridgehead atoms. The molecule has 0 spiro atoms. The zero-order chi connectivity index (χ0) is 14.5. The summed E-state index contributed by atoms with van der Waals surface area (Å²) in [7, 11) is 0. The molecule has 0 aromatic heterocycles. The van der Waals surface area contributed by atoms with Crippen LogP contribution in [0.1, 0.15) is 24.8 Å². The minimum atomic E-state index is 0.144. The van der Waals surface area contributed by atoms with Crippen LogP contribution in [0, 0.1) is 5.92 Å². The van der Waals surface area contributed by atoms with Crippen molar-refractivity contribution in [3.63, 3.8) is 0 Å². The van der Waals surface area contributed by atoms with E-state index in [1.165, 1.54) is 18.4 Å². The predicted octanol–water partition coefficient (Wildman–Crippen LogP) is 1.50. The fourth-order valence-corrected chi connectivity index (χ4v) is 2.94. The Hall–Kier alpha value is -1.39. The van der Waals surface area contributed by atoms with Gasteiger partial charge in [0.25, 0.3) is 0 Å². The molecule has 1 aliphatic carbocycles. The number of ether oxygens (including phenoxy) is 1. The Bertz CT molecular complexity index is 453. The van der Waals surface area contributed by atoms with Crippen LogP contribution in [-0.4, -0.2) is 37.7 Å². The Morgan fingerprint density at radius 2 is 2.14 bits per heavy atom. The number of benzene rings is 1. The highest BCUT2D eigenvalue weighted by molar-refractivity contribution is 5.77. The standard InChI is InChI=1S/C17H24N2O2/c20-17(11-15-12-21-9-8-18-15)19-16(14-6-7-14)10-13-4-2-1-3-5-13/h1-5,14-16,18H,6-12H2,(H,19,20). The normalized spacial score (nSPS) is 23.5. The summed E-state index contributed by atoms with van der Waals surface area (Å²) < 4.78 is 5.40. The van der Waals surface area contributed by atoms with Crippen LogP contribution in [0.5, 0.6) is 0 Å². The maximum atomic E-state index is 12.2. The summed E-state index contributed by atoms with van der Waals surface area (Å²) in [5.74, 6) is 0.801. The van der Waals surface area contributed by atoms with Gasteiger partial charge in [0.2, 0.25) is 5.91 Å². The molecule has 1 saturated heterocycles. The van der Waals surface area contributed by atoms with E-state index in [4.69, 9.17) is 4.74 Å². The molecule has 114 valence electrons. The van der Waals surface area contributed by atoms with Crippen molar-refractivity contribution >= 4 is 5.91 Å². The maximum Gasteiger partial charge on any atom is 0.221 e. The lowest BCUT2D eigenvalue weighted by molar-refractivity contribution is -0.123. The van der Waals surface area contributed by atoms with Crippen LogP contribution in [0.15, 0.2) is 30.3 Å². The molecule has 4 heteroatoms. The second kappa shape index (κ2) is 7.05. The van der Waals surface area contributed by atoms with Crippen LogP contribution in [0.3, 0.4) is 0 Å². The van der Waals surface area contributed by atoms with Gasteiger partial charge >= 0.3 is 0 Å². The van der Waals surface area contributed by atoms with Crippen LogP contribution < -0.4 is 10.6 Å². The third kappa shape index (κ3) is 4.55. The largest absolute Gasteiger partial charge is 0.378 e. The zero-order valence-corrected chi connectivity index (χ0v) is 12.4. The highest BCUT2D eigenvalue weighted by Crippen LogP contribution is 2.34. The van der Waals surface area contributed by atoms with E-state index in [1.54, 1.807) is 0 Å². The lowest BCUT2D eigenvalue weighted by Crippen LogP contribution is -2.46. The van der Waals surface area contributed by atoms with E-state index >= 15 is 0 Å². The molecule has 1 saturated carbocycles. The van der Waals surface area contributed by atoms with Gasteiger partial charge in [0.05, 0.1) is 13.2 Å². The van der Waals surface area contributed by atoms with Crippen LogP contribution >= 0.6 is 0 Å². The molecule has 1 aromatic rings. The number of amides is 1. The maximum absolute atomic E-state index is 12.2. The number of nitrogens with one attached hydrogen (secondary N) is 2. The molecule has 4 nitrogen and oxygen atoms in total. The molecule has 2 atom stereocenters. The quantitative estimate of drug-likeness (QED) is 0.834. The van der Waals surface area contributed by atoms with E-state index in [0.717, 1.165) is 19.6 Å². The minimum Gasteiger partial charge on any atom is -0.378 e. The number of morpholine rings is 1. The van der Waals surface area contributed by atoms with Gasteiger partial charge < -0.3 is 15.4 Å². The van der Waals surface area contributed by atoms with Gasteiger partial charge in [-0.25, -0.2) is 0 Å². The molecule has 2 aliphatic rings. The van der Waals surface area contributed by atoms with Crippen molar-refractivity contribution in [1.29, 1.82) is 0 Å². The summed E-state index contributed by atoms with van der Waals surface area (Å²) in [5, 5.41) is 6.57. The number of carbonyl (C=O) groups is 1. The average molecular weight is 288 g/mol. The molecule has 2 unspecified atom stereocenters. The molecule has 3 rings (SSSR count). The minimum absolute atomic E-state index is 0.144. The molecule has 1 aromatic carbocycles. The molecule has 1 aliphatic heterocycles. The fraction of sp³-hybridized carbons (Fsp3) is 0.588. The Morgan fingerprint density at radius 3 is 2.81 bits per heavy atom. The van der Waals surface area contributed by atoms with Crippen molar-refractivity contribution < 1.29 is 9.53 Å². The summed E-state index contributed by atoms with van der Waals surface area (Å²) in [5.41, 5.74) is 1.30. The monoisotopic (exact) mass is 288 g/mol. The van der Waals surface area contributed by atoms with Crippen molar-refractivity contribution in [2.24, 2.45) is 5.92 Å². The summed E-state index contributed by atoms with van der Waals surface area (Å²) in [4.78, 5) is 12.2. The van der Waals surface area contributed by atoms with Crippen LogP contribution in [-0.2, 0) is 16.0 Å². The van der Waals surface area contributed by atoms with Gasteiger partial charge in [-0.15, -0.1) is 0 Å². The second-order valence-corrected chi connectivity index (χ2v) is 6.13. The first-order chi connectivity index (χ1) is 10.3. The van der Waals surface area contributed by atoms with Crippen LogP contribution in [0.25, 0.3) is 0 Å². The van der Waals surface area contributed by atoms with Gasteiger partial charge in [0.1, 0.15) is 0 Å². The summed E-state index contributed by atoms with van der Waals surface area (Å²) in [6.07, 6.45) is 3.93. The molecular weight excluding hydrogens is 264 g/mol. The Balaban J connectivity index is 1.51. The SMILES string of the molecule is O=C(CC1COCCN1)NC(Cc1ccccc1)C1CC1. The van der Waals surface area contributed by atoms with Gasteiger partial charge in [-0.3, -0.25) is 4.79 Å². The lowest BCUT2D eigenvalue weighted by atomic mass is 10.0. The van der Waals surface area contributed by atoms with Gasteiger partial charge in [-0.05, 0) is 30.7 Å². The van der Waals surface area contributed by atoms with Crippen molar-refractivity contribution in [2.75, 3.05) is 19.8 Å². The zero-order valence-electron chi connectivity index (χ0n) is 12.4.